The van der Waals surface area contributed by atoms with Gasteiger partial charge >= 0.3 is 0 Å². The first kappa shape index (κ1) is 82.4. The molecule has 0 aliphatic carbocycles. The third-order valence-corrected chi connectivity index (χ3v) is 27.1. The van der Waals surface area contributed by atoms with Crippen molar-refractivity contribution in [1.82, 2.24) is 54.8 Å². The lowest BCUT2D eigenvalue weighted by Gasteiger charge is -2.12. The zero-order chi connectivity index (χ0) is 94.8. The molecule has 0 atom stereocenters. The number of nitrogens with zero attached hydrogens (tertiary/aromatic N) is 11. The highest BCUT2D eigenvalue weighted by molar-refractivity contribution is 6.28. The van der Waals surface area contributed by atoms with E-state index < -0.39 is 0 Å². The van der Waals surface area contributed by atoms with Crippen molar-refractivity contribution in [3.63, 3.8) is 0 Å². The molecule has 17 heteroatoms. The second-order valence-corrected chi connectivity index (χ2v) is 35.7. The Labute approximate surface area is 819 Å². The maximum absolute atomic E-state index is 6.58. The largest absolute Gasteiger partial charge is 0.455 e. The summed E-state index contributed by atoms with van der Waals surface area (Å²) >= 11 is 0. The van der Waals surface area contributed by atoms with Gasteiger partial charge in [-0.2, -0.15) is 0 Å². The van der Waals surface area contributed by atoms with Crippen molar-refractivity contribution in [2.45, 2.75) is 0 Å². The molecule has 0 unspecified atom stereocenters. The Morgan fingerprint density at radius 2 is 0.375 bits per heavy atom. The predicted octanol–water partition coefficient (Wildman–Crippen LogP) is 33.3. The molecule has 30 rings (SSSR count). The molecule has 13 aromatic heterocycles. The summed E-state index contributed by atoms with van der Waals surface area (Å²) in [7, 11) is 0. The zero-order valence-electron chi connectivity index (χ0n) is 76.5. The Morgan fingerprint density at radius 3 is 0.708 bits per heavy atom. The van der Waals surface area contributed by atoms with E-state index >= 15 is 0 Å². The van der Waals surface area contributed by atoms with Gasteiger partial charge < -0.3 is 26.5 Å². The van der Waals surface area contributed by atoms with Gasteiger partial charge in [0.2, 0.25) is 0 Å². The molecule has 0 saturated carbocycles. The van der Waals surface area contributed by atoms with E-state index in [0.29, 0.717) is 34.9 Å². The van der Waals surface area contributed by atoms with E-state index in [1.165, 1.54) is 0 Å². The summed E-state index contributed by atoms with van der Waals surface area (Å²) in [6.07, 6.45) is 7.41. The fourth-order valence-electron chi connectivity index (χ4n) is 20.2. The number of furan rings is 6. The fraction of sp³-hybridized carbons (Fsp3) is 0. The number of fused-ring (bicyclic) bond motifs is 27. The number of rotatable bonds is 12. The van der Waals surface area contributed by atoms with Crippen LogP contribution in [0.1, 0.15) is 0 Å². The molecule has 0 aliphatic heterocycles. The molecule has 0 radical (unpaired) electrons. The van der Waals surface area contributed by atoms with Gasteiger partial charge in [-0.05, 0) is 131 Å². The smallest absolute Gasteiger partial charge is 0.164 e. The number of pyridine rings is 5. The average molecular weight is 1850 g/mol. The lowest BCUT2D eigenvalue weighted by atomic mass is 9.93. The van der Waals surface area contributed by atoms with E-state index in [0.717, 1.165) is 265 Å². The minimum atomic E-state index is 0.582. The molecule has 0 bridgehead atoms. The SMILES string of the molecule is c1ccc(-c2nc(-c3ccccc3)nc(-c3ccc(-c4nc5c(ccc6c7ccccc7oc65)c5oc6ccccc6c45)cc3)n2)cc1.c1ccc(-c2nc(-c3ccccc3)nc(-c3cccc(-c4nc5c(ccc6c7ccccc7oc65)c5oc6ccccc6c45)c3)n2)cc1.c1cncc(-c2cc(-c3ccc(-c4nc5c(ccc6c7ccccc7oc65)c5oc6ccccc6c45)cc3)cc(-c3cccnc3)c2)c1. The highest BCUT2D eigenvalue weighted by atomic mass is 16.4. The molecule has 17 nitrogen and oxygen atoms in total. The van der Waals surface area contributed by atoms with Crippen molar-refractivity contribution in [2.24, 2.45) is 0 Å². The highest BCUT2D eigenvalue weighted by Crippen LogP contribution is 2.49. The Balaban J connectivity index is 0.000000105. The molecule has 0 fully saturated rings. The lowest BCUT2D eigenvalue weighted by Crippen LogP contribution is -2.00. The van der Waals surface area contributed by atoms with Crippen LogP contribution in [0.2, 0.25) is 0 Å². The maximum Gasteiger partial charge on any atom is 0.164 e. The molecule has 144 heavy (non-hydrogen) atoms. The summed E-state index contributed by atoms with van der Waals surface area (Å²) in [4.78, 5) is 54.3. The maximum atomic E-state index is 6.58. The average Bonchev–Trinajstić information content (AvgIpc) is 1.57. The Bertz CT molecular complexity index is 9780. The predicted molar refractivity (Wildman–Crippen MR) is 576 cm³/mol. The molecular weight excluding hydrogens is 1780 g/mol. The van der Waals surface area contributed by atoms with Gasteiger partial charge in [-0.25, -0.2) is 44.9 Å². The summed E-state index contributed by atoms with van der Waals surface area (Å²) in [5.41, 5.74) is 29.3. The third-order valence-electron chi connectivity index (χ3n) is 27.1. The first-order valence-electron chi connectivity index (χ1n) is 47.5. The summed E-state index contributed by atoms with van der Waals surface area (Å²) in [6.45, 7) is 0. The first-order chi connectivity index (χ1) is 71.3. The minimum absolute atomic E-state index is 0.582. The van der Waals surface area contributed by atoms with E-state index in [1.807, 2.05) is 267 Å². The van der Waals surface area contributed by atoms with Crippen LogP contribution in [0.5, 0.6) is 0 Å². The highest BCUT2D eigenvalue weighted by Gasteiger charge is 2.28. The van der Waals surface area contributed by atoms with E-state index in [9.17, 15) is 0 Å². The van der Waals surface area contributed by atoms with Crippen LogP contribution >= 0.6 is 0 Å². The van der Waals surface area contributed by atoms with Gasteiger partial charge in [0.25, 0.3) is 0 Å². The van der Waals surface area contributed by atoms with Crippen LogP contribution < -0.4 is 0 Å². The summed E-state index contributed by atoms with van der Waals surface area (Å²) in [5, 5.41) is 15.0. The molecule has 13 heterocycles. The molecule has 0 N–H and O–H groups in total. The van der Waals surface area contributed by atoms with Crippen LogP contribution in [0, 0.1) is 0 Å². The van der Waals surface area contributed by atoms with E-state index in [4.69, 9.17) is 71.4 Å². The van der Waals surface area contributed by atoms with Gasteiger partial charge in [0.05, 0.1) is 33.2 Å². The van der Waals surface area contributed by atoms with Crippen molar-refractivity contribution >= 4 is 164 Å². The van der Waals surface area contributed by atoms with Crippen LogP contribution in [0.25, 0.3) is 300 Å². The zero-order valence-corrected chi connectivity index (χ0v) is 76.5. The van der Waals surface area contributed by atoms with E-state index in [2.05, 4.69) is 174 Å². The van der Waals surface area contributed by atoms with Crippen molar-refractivity contribution < 1.29 is 26.5 Å². The van der Waals surface area contributed by atoms with Crippen molar-refractivity contribution in [2.75, 3.05) is 0 Å². The molecule has 0 saturated heterocycles. The molecule has 0 spiro atoms. The van der Waals surface area contributed by atoms with Crippen molar-refractivity contribution in [3.8, 4) is 135 Å². The summed E-state index contributed by atoms with van der Waals surface area (Å²) in [5.74, 6) is 3.66. The van der Waals surface area contributed by atoms with Crippen LogP contribution in [0.3, 0.4) is 0 Å². The third kappa shape index (κ3) is 14.2. The molecule has 0 amide bonds. The standard InChI is InChI=1S/C43H25N3O2.2C42H24N4O2/c1-3-11-37-33(9-1)34-17-18-36-41(43(34)48-37)46-40(39-35-10-2-4-12-38(35)47-42(36)39)27-15-13-26(14-16-27)30-21-31(28-7-5-19-44-24-28)23-32(22-30)29-8-6-20-45-25-29;1-3-12-25(13-4-1)40-44-41(26-14-5-2-6-15-26)46-42(45-40)28-17-11-16-27(24-28)36-35-31-19-8-10-21-34(31)47-38(35)32-23-22-30-29-18-7-9-20-33(29)48-39(30)37(32)43-36;1-3-11-26(12-4-1)40-44-41(27-13-5-2-6-14-27)46-42(45-40)28-21-19-25(20-22-28)36-35-31-16-8-10-18-34(31)47-38(35)32-24-23-30-29-15-7-9-17-33(29)48-39(30)37(32)43-36/h1-25H;2*1-24H. The number of para-hydroxylation sites is 6. The van der Waals surface area contributed by atoms with Gasteiger partial charge in [-0.15, -0.1) is 0 Å². The number of hydrogen-bond donors (Lipinski definition) is 0. The van der Waals surface area contributed by atoms with Gasteiger partial charge in [0, 0.05) is 151 Å². The van der Waals surface area contributed by atoms with Gasteiger partial charge in [-0.1, -0.05) is 309 Å². The fourth-order valence-corrected chi connectivity index (χ4v) is 20.2. The lowest BCUT2D eigenvalue weighted by molar-refractivity contribution is 0.668. The molecule has 672 valence electrons. The van der Waals surface area contributed by atoms with Crippen molar-refractivity contribution in [1.29, 1.82) is 0 Å². The minimum Gasteiger partial charge on any atom is -0.455 e. The van der Waals surface area contributed by atoms with Gasteiger partial charge in [0.15, 0.2) is 51.7 Å². The van der Waals surface area contributed by atoms with Crippen LogP contribution in [-0.4, -0.2) is 54.8 Å². The summed E-state index contributed by atoms with van der Waals surface area (Å²) in [6, 6.07) is 141. The molecule has 30 aromatic rings. The van der Waals surface area contributed by atoms with Gasteiger partial charge in [-0.3, -0.25) is 9.97 Å². The monoisotopic (exact) mass is 1850 g/mol. The van der Waals surface area contributed by atoms with Crippen LogP contribution in [0.15, 0.2) is 470 Å². The molecule has 17 aromatic carbocycles. The van der Waals surface area contributed by atoms with Gasteiger partial charge in [0.1, 0.15) is 66.8 Å². The Morgan fingerprint density at radius 1 is 0.139 bits per heavy atom. The quantitative estimate of drug-likeness (QED) is 0.111. The number of aromatic nitrogens is 11. The number of hydrogen-bond acceptors (Lipinski definition) is 17. The van der Waals surface area contributed by atoms with E-state index in [1.54, 1.807) is 12.4 Å². The Kier molecular flexibility index (Phi) is 19.5. The topological polar surface area (TPSA) is 221 Å². The normalized spacial score (nSPS) is 11.8. The molecular formula is C127H73N11O6. The van der Waals surface area contributed by atoms with Crippen LogP contribution in [0.4, 0.5) is 0 Å². The van der Waals surface area contributed by atoms with E-state index in [-0.39, 0.29) is 0 Å². The van der Waals surface area contributed by atoms with Crippen molar-refractivity contribution in [3.05, 3.63) is 443 Å². The molecule has 0 aliphatic rings. The first-order valence-corrected chi connectivity index (χ1v) is 47.5. The van der Waals surface area contributed by atoms with Crippen LogP contribution in [-0.2, 0) is 0 Å². The second-order valence-electron chi connectivity index (χ2n) is 35.7. The summed E-state index contributed by atoms with van der Waals surface area (Å²) < 4.78 is 39.0. The number of benzene rings is 17. The second kappa shape index (κ2) is 34.1. The Hall–Kier alpha value is -19.9.